The van der Waals surface area contributed by atoms with Crippen molar-refractivity contribution in [2.75, 3.05) is 18.5 Å². The molecule has 1 aliphatic rings. The number of aromatic nitrogens is 2. The van der Waals surface area contributed by atoms with E-state index in [0.29, 0.717) is 18.1 Å². The topological polar surface area (TPSA) is 75.6 Å². The second-order valence-electron chi connectivity index (χ2n) is 6.07. The van der Waals surface area contributed by atoms with Gasteiger partial charge in [-0.15, -0.1) is 10.2 Å². The van der Waals surface area contributed by atoms with Gasteiger partial charge in [-0.25, -0.2) is 9.69 Å². The Morgan fingerprint density at radius 1 is 1.38 bits per heavy atom. The summed E-state index contributed by atoms with van der Waals surface area (Å²) in [6.45, 7) is 7.97. The van der Waals surface area contributed by atoms with E-state index in [4.69, 9.17) is 4.74 Å². The maximum absolute atomic E-state index is 12.4. The van der Waals surface area contributed by atoms with E-state index in [1.165, 1.54) is 23.2 Å². The van der Waals surface area contributed by atoms with Crippen LogP contribution in [-0.2, 0) is 14.9 Å². The molecule has 2 amide bonds. The zero-order valence-corrected chi connectivity index (χ0v) is 13.7. The standard InChI is InChI=1S/C13H20N4O3S/c1-8(18)20-9-6-7-16(5)12(19)17(9)11-15-14-10(21-11)13(2,3)4/h9H,6-7H2,1-5H3. The van der Waals surface area contributed by atoms with E-state index < -0.39 is 12.2 Å². The summed E-state index contributed by atoms with van der Waals surface area (Å²) >= 11 is 1.35. The number of anilines is 1. The molecule has 0 aromatic carbocycles. The predicted molar refractivity (Wildman–Crippen MR) is 79.3 cm³/mol. The maximum Gasteiger partial charge on any atom is 0.329 e. The Morgan fingerprint density at radius 3 is 2.57 bits per heavy atom. The average Bonchev–Trinajstić information content (AvgIpc) is 2.82. The lowest BCUT2D eigenvalue weighted by Gasteiger charge is -2.37. The first-order chi connectivity index (χ1) is 9.70. The zero-order chi connectivity index (χ0) is 15.8. The molecule has 8 heteroatoms. The van der Waals surface area contributed by atoms with Crippen LogP contribution in [0.25, 0.3) is 0 Å². The first-order valence-electron chi connectivity index (χ1n) is 6.75. The van der Waals surface area contributed by atoms with Gasteiger partial charge in [-0.2, -0.15) is 0 Å². The highest BCUT2D eigenvalue weighted by Gasteiger charge is 2.37. The predicted octanol–water partition coefficient (Wildman–Crippen LogP) is 1.99. The van der Waals surface area contributed by atoms with Crippen molar-refractivity contribution < 1.29 is 14.3 Å². The van der Waals surface area contributed by atoms with E-state index in [0.717, 1.165) is 5.01 Å². The van der Waals surface area contributed by atoms with Gasteiger partial charge in [0.2, 0.25) is 5.13 Å². The van der Waals surface area contributed by atoms with Gasteiger partial charge in [0, 0.05) is 32.4 Å². The molecule has 1 atom stereocenters. The average molecular weight is 312 g/mol. The molecule has 0 bridgehead atoms. The Balaban J connectivity index is 2.33. The van der Waals surface area contributed by atoms with E-state index in [2.05, 4.69) is 10.2 Å². The molecule has 0 radical (unpaired) electrons. The van der Waals surface area contributed by atoms with Crippen molar-refractivity contribution in [3.63, 3.8) is 0 Å². The number of esters is 1. The minimum Gasteiger partial charge on any atom is -0.441 e. The van der Waals surface area contributed by atoms with Gasteiger partial charge in [0.15, 0.2) is 6.23 Å². The number of hydrogen-bond donors (Lipinski definition) is 0. The minimum absolute atomic E-state index is 0.141. The largest absolute Gasteiger partial charge is 0.441 e. The molecule has 2 rings (SSSR count). The molecule has 0 aliphatic carbocycles. The highest BCUT2D eigenvalue weighted by Crippen LogP contribution is 2.33. The molecular weight excluding hydrogens is 292 g/mol. The van der Waals surface area contributed by atoms with Crippen LogP contribution >= 0.6 is 11.3 Å². The molecule has 116 valence electrons. The summed E-state index contributed by atoms with van der Waals surface area (Å²) < 4.78 is 5.25. The minimum atomic E-state index is -0.619. The van der Waals surface area contributed by atoms with Crippen molar-refractivity contribution in [1.29, 1.82) is 0 Å². The summed E-state index contributed by atoms with van der Waals surface area (Å²) in [5.41, 5.74) is -0.141. The first kappa shape index (κ1) is 15.7. The van der Waals surface area contributed by atoms with Crippen molar-refractivity contribution in [1.82, 2.24) is 15.1 Å². The summed E-state index contributed by atoms with van der Waals surface area (Å²) in [6.07, 6.45) is -0.0707. The summed E-state index contributed by atoms with van der Waals surface area (Å²) in [5, 5.41) is 9.55. The fourth-order valence-electron chi connectivity index (χ4n) is 1.96. The van der Waals surface area contributed by atoms with Crippen LogP contribution < -0.4 is 4.90 Å². The number of hydrogen-bond acceptors (Lipinski definition) is 6. The Labute approximate surface area is 127 Å². The van der Waals surface area contributed by atoms with E-state index >= 15 is 0 Å². The lowest BCUT2D eigenvalue weighted by atomic mass is 9.98. The Morgan fingerprint density at radius 2 is 2.05 bits per heavy atom. The summed E-state index contributed by atoms with van der Waals surface area (Å²) in [6, 6.07) is -0.232. The fraction of sp³-hybridized carbons (Fsp3) is 0.692. The van der Waals surface area contributed by atoms with Crippen molar-refractivity contribution in [3.05, 3.63) is 5.01 Å². The van der Waals surface area contributed by atoms with Gasteiger partial charge >= 0.3 is 12.0 Å². The third-order valence-electron chi connectivity index (χ3n) is 3.10. The second kappa shape index (κ2) is 5.59. The highest BCUT2D eigenvalue weighted by molar-refractivity contribution is 7.15. The van der Waals surface area contributed by atoms with Crippen molar-refractivity contribution in [2.45, 2.75) is 45.8 Å². The van der Waals surface area contributed by atoms with E-state index in [-0.39, 0.29) is 11.4 Å². The van der Waals surface area contributed by atoms with Gasteiger partial charge in [-0.05, 0) is 0 Å². The number of rotatable bonds is 2. The fourth-order valence-corrected chi connectivity index (χ4v) is 2.90. The molecular formula is C13H20N4O3S. The van der Waals surface area contributed by atoms with Crippen LogP contribution in [0.3, 0.4) is 0 Å². The van der Waals surface area contributed by atoms with Crippen molar-refractivity contribution >= 4 is 28.5 Å². The molecule has 7 nitrogen and oxygen atoms in total. The number of urea groups is 1. The highest BCUT2D eigenvalue weighted by atomic mass is 32.1. The molecule has 1 unspecified atom stereocenters. The van der Waals surface area contributed by atoms with Gasteiger partial charge in [0.25, 0.3) is 0 Å². The van der Waals surface area contributed by atoms with Gasteiger partial charge in [-0.1, -0.05) is 32.1 Å². The molecule has 0 spiro atoms. The van der Waals surface area contributed by atoms with Crippen LogP contribution in [0.2, 0.25) is 0 Å². The van der Waals surface area contributed by atoms with Crippen molar-refractivity contribution in [2.24, 2.45) is 0 Å². The molecule has 1 aromatic rings. The number of carbonyl (C=O) groups excluding carboxylic acids is 2. The third-order valence-corrected chi connectivity index (χ3v) is 4.44. The van der Waals surface area contributed by atoms with Crippen LogP contribution in [0.5, 0.6) is 0 Å². The summed E-state index contributed by atoms with van der Waals surface area (Å²) in [4.78, 5) is 26.6. The van der Waals surface area contributed by atoms with Gasteiger partial charge in [0.1, 0.15) is 5.01 Å². The first-order valence-corrected chi connectivity index (χ1v) is 7.57. The number of amides is 2. The number of carbonyl (C=O) groups is 2. The van der Waals surface area contributed by atoms with E-state index in [1.54, 1.807) is 11.9 Å². The zero-order valence-electron chi connectivity index (χ0n) is 12.9. The lowest BCUT2D eigenvalue weighted by Crippen LogP contribution is -2.54. The summed E-state index contributed by atoms with van der Waals surface area (Å²) in [7, 11) is 1.71. The van der Waals surface area contributed by atoms with Crippen LogP contribution in [0.15, 0.2) is 0 Å². The lowest BCUT2D eigenvalue weighted by molar-refractivity contribution is -0.146. The third kappa shape index (κ3) is 3.31. The van der Waals surface area contributed by atoms with E-state index in [9.17, 15) is 9.59 Å². The monoisotopic (exact) mass is 312 g/mol. The van der Waals surface area contributed by atoms with Crippen LogP contribution in [0.4, 0.5) is 9.93 Å². The van der Waals surface area contributed by atoms with Crippen LogP contribution in [0.1, 0.15) is 39.1 Å². The van der Waals surface area contributed by atoms with Crippen molar-refractivity contribution in [3.8, 4) is 0 Å². The molecule has 1 aromatic heterocycles. The van der Waals surface area contributed by atoms with Gasteiger partial charge in [-0.3, -0.25) is 4.79 Å². The Bertz CT molecular complexity index is 552. The van der Waals surface area contributed by atoms with Crippen LogP contribution in [-0.4, -0.2) is 46.9 Å². The molecule has 1 aliphatic heterocycles. The Kier molecular flexibility index (Phi) is 4.18. The quantitative estimate of drug-likeness (QED) is 0.781. The van der Waals surface area contributed by atoms with E-state index in [1.807, 2.05) is 20.8 Å². The number of ether oxygens (including phenoxy) is 1. The molecule has 0 N–H and O–H groups in total. The molecule has 1 saturated heterocycles. The molecule has 21 heavy (non-hydrogen) atoms. The molecule has 1 fully saturated rings. The molecule has 2 heterocycles. The maximum atomic E-state index is 12.4. The van der Waals surface area contributed by atoms with Crippen LogP contribution in [0, 0.1) is 0 Å². The summed E-state index contributed by atoms with van der Waals surface area (Å²) in [5.74, 6) is -0.414. The SMILES string of the molecule is CC(=O)OC1CCN(C)C(=O)N1c1nnc(C(C)(C)C)s1. The van der Waals surface area contributed by atoms with Gasteiger partial charge < -0.3 is 9.64 Å². The van der Waals surface area contributed by atoms with Gasteiger partial charge in [0.05, 0.1) is 0 Å². The smallest absolute Gasteiger partial charge is 0.329 e. The normalized spacial score (nSPS) is 19.9. The Hall–Kier alpha value is -1.70. The number of nitrogens with zero attached hydrogens (tertiary/aromatic N) is 4. The second-order valence-corrected chi connectivity index (χ2v) is 7.02. The molecule has 0 saturated carbocycles.